The Morgan fingerprint density at radius 3 is 2.60 bits per heavy atom. The highest BCUT2D eigenvalue weighted by Crippen LogP contribution is 2.37. The van der Waals surface area contributed by atoms with Crippen LogP contribution in [0.1, 0.15) is 25.5 Å². The number of hydrogen-bond donors (Lipinski definition) is 1. The number of aliphatic hydroxyl groups excluding tert-OH is 1. The number of rotatable bonds is 4. The van der Waals surface area contributed by atoms with Crippen molar-refractivity contribution in [3.63, 3.8) is 0 Å². The fraction of sp³-hybridized carbons (Fsp3) is 0.455. The third-order valence-electron chi connectivity index (χ3n) is 2.02. The second-order valence-corrected chi connectivity index (χ2v) is 4.00. The minimum absolute atomic E-state index is 0.522. The molecule has 1 unspecified atom stereocenters. The van der Waals surface area contributed by atoms with Crippen LogP contribution in [0.25, 0.3) is 0 Å². The van der Waals surface area contributed by atoms with Gasteiger partial charge < -0.3 is 14.6 Å². The van der Waals surface area contributed by atoms with Crippen molar-refractivity contribution in [1.29, 1.82) is 0 Å². The minimum atomic E-state index is -0.522. The zero-order valence-electron chi connectivity index (χ0n) is 9.08. The van der Waals surface area contributed by atoms with Gasteiger partial charge in [0, 0.05) is 0 Å². The van der Waals surface area contributed by atoms with Crippen molar-refractivity contribution in [1.82, 2.24) is 0 Å². The summed E-state index contributed by atoms with van der Waals surface area (Å²) in [6, 6.07) is 3.61. The molecule has 0 fully saturated rings. The lowest BCUT2D eigenvalue weighted by molar-refractivity contribution is 0.198. The fourth-order valence-corrected chi connectivity index (χ4v) is 1.84. The van der Waals surface area contributed by atoms with Crippen molar-refractivity contribution < 1.29 is 14.6 Å². The number of ether oxygens (including phenoxy) is 2. The Bertz CT molecular complexity index is 337. The van der Waals surface area contributed by atoms with Crippen LogP contribution in [-0.2, 0) is 0 Å². The maximum absolute atomic E-state index is 9.47. The van der Waals surface area contributed by atoms with Crippen LogP contribution in [0.3, 0.4) is 0 Å². The first-order valence-corrected chi connectivity index (χ1v) is 5.57. The third kappa shape index (κ3) is 2.86. The molecule has 0 aliphatic carbocycles. The molecule has 0 saturated carbocycles. The van der Waals surface area contributed by atoms with Crippen LogP contribution in [0.5, 0.6) is 11.5 Å². The van der Waals surface area contributed by atoms with E-state index in [0.717, 1.165) is 10.0 Å². The van der Waals surface area contributed by atoms with Crippen LogP contribution in [0, 0.1) is 0 Å². The van der Waals surface area contributed by atoms with Gasteiger partial charge in [0.05, 0.1) is 24.3 Å². The molecule has 0 spiro atoms. The molecular weight excluding hydrogens is 260 g/mol. The Morgan fingerprint density at radius 2 is 2.13 bits per heavy atom. The lowest BCUT2D eigenvalue weighted by atomic mass is 10.1. The maximum atomic E-state index is 9.47. The molecular formula is C11H15BrO3. The highest BCUT2D eigenvalue weighted by molar-refractivity contribution is 9.10. The molecule has 1 N–H and O–H groups in total. The van der Waals surface area contributed by atoms with E-state index in [9.17, 15) is 5.11 Å². The average molecular weight is 275 g/mol. The van der Waals surface area contributed by atoms with Gasteiger partial charge in [-0.3, -0.25) is 0 Å². The highest BCUT2D eigenvalue weighted by Gasteiger charge is 2.13. The highest BCUT2D eigenvalue weighted by atomic mass is 79.9. The molecule has 1 aromatic carbocycles. The van der Waals surface area contributed by atoms with Crippen molar-refractivity contribution >= 4 is 15.9 Å². The molecule has 15 heavy (non-hydrogen) atoms. The molecule has 0 radical (unpaired) electrons. The number of aliphatic hydroxyl groups is 1. The summed E-state index contributed by atoms with van der Waals surface area (Å²) in [5, 5.41) is 9.47. The second-order valence-electron chi connectivity index (χ2n) is 3.14. The first-order chi connectivity index (χ1) is 7.10. The molecule has 3 nitrogen and oxygen atoms in total. The van der Waals surface area contributed by atoms with E-state index in [4.69, 9.17) is 9.47 Å². The second kappa shape index (κ2) is 5.37. The Morgan fingerprint density at radius 1 is 1.47 bits per heavy atom. The fourth-order valence-electron chi connectivity index (χ4n) is 1.27. The van der Waals surface area contributed by atoms with Gasteiger partial charge in [0.2, 0.25) is 0 Å². The van der Waals surface area contributed by atoms with E-state index in [2.05, 4.69) is 15.9 Å². The van der Waals surface area contributed by atoms with Gasteiger partial charge in [0.15, 0.2) is 11.5 Å². The molecule has 1 atom stereocenters. The Hall–Kier alpha value is -0.740. The van der Waals surface area contributed by atoms with Crippen LogP contribution < -0.4 is 9.47 Å². The molecule has 4 heteroatoms. The van der Waals surface area contributed by atoms with E-state index in [-0.39, 0.29) is 0 Å². The molecule has 0 bridgehead atoms. The van der Waals surface area contributed by atoms with Gasteiger partial charge in [-0.2, -0.15) is 0 Å². The molecule has 84 valence electrons. The average Bonchev–Trinajstić information content (AvgIpc) is 2.20. The van der Waals surface area contributed by atoms with Crippen molar-refractivity contribution in [3.05, 3.63) is 22.2 Å². The molecule has 0 aromatic heterocycles. The van der Waals surface area contributed by atoms with Crippen molar-refractivity contribution in [2.45, 2.75) is 20.0 Å². The first kappa shape index (κ1) is 12.3. The summed E-state index contributed by atoms with van der Waals surface area (Å²) < 4.78 is 11.4. The largest absolute Gasteiger partial charge is 0.493 e. The van der Waals surface area contributed by atoms with Crippen molar-refractivity contribution in [3.8, 4) is 11.5 Å². The summed E-state index contributed by atoms with van der Waals surface area (Å²) in [7, 11) is 1.58. The van der Waals surface area contributed by atoms with Crippen molar-refractivity contribution in [2.75, 3.05) is 13.7 Å². The maximum Gasteiger partial charge on any atom is 0.175 e. The van der Waals surface area contributed by atoms with Crippen molar-refractivity contribution in [2.24, 2.45) is 0 Å². The predicted molar refractivity (Wildman–Crippen MR) is 62.5 cm³/mol. The standard InChI is InChI=1S/C11H15BrO3/c1-4-15-11-9(12)5-8(7(2)13)6-10(11)14-3/h5-7,13H,4H2,1-3H3. The SMILES string of the molecule is CCOc1c(Br)cc(C(C)O)cc1OC. The monoisotopic (exact) mass is 274 g/mol. The number of hydrogen-bond acceptors (Lipinski definition) is 3. The van der Waals surface area contributed by atoms with E-state index in [1.54, 1.807) is 20.1 Å². The van der Waals surface area contributed by atoms with Gasteiger partial charge in [-0.15, -0.1) is 0 Å². The molecule has 0 saturated heterocycles. The summed E-state index contributed by atoms with van der Waals surface area (Å²) in [6.07, 6.45) is -0.522. The van der Waals surface area contributed by atoms with E-state index in [1.807, 2.05) is 13.0 Å². The quantitative estimate of drug-likeness (QED) is 0.918. The summed E-state index contributed by atoms with van der Waals surface area (Å²) in [5.74, 6) is 1.30. The normalized spacial score (nSPS) is 12.3. The lowest BCUT2D eigenvalue weighted by Gasteiger charge is -2.14. The summed E-state index contributed by atoms with van der Waals surface area (Å²) in [6.45, 7) is 4.19. The van der Waals surface area contributed by atoms with Gasteiger partial charge in [0.1, 0.15) is 0 Å². The van der Waals surface area contributed by atoms with Gasteiger partial charge >= 0.3 is 0 Å². The van der Waals surface area contributed by atoms with Gasteiger partial charge in [0.25, 0.3) is 0 Å². The summed E-state index contributed by atoms with van der Waals surface area (Å²) in [5.41, 5.74) is 0.794. The first-order valence-electron chi connectivity index (χ1n) is 4.78. The molecule has 1 aromatic rings. The molecule has 0 heterocycles. The van der Waals surface area contributed by atoms with Gasteiger partial charge in [-0.05, 0) is 47.5 Å². The topological polar surface area (TPSA) is 38.7 Å². The third-order valence-corrected chi connectivity index (χ3v) is 2.61. The van der Waals surface area contributed by atoms with E-state index < -0.39 is 6.10 Å². The van der Waals surface area contributed by atoms with Crippen LogP contribution >= 0.6 is 15.9 Å². The molecule has 0 amide bonds. The summed E-state index contributed by atoms with van der Waals surface area (Å²) in [4.78, 5) is 0. The molecule has 1 rings (SSSR count). The van der Waals surface area contributed by atoms with Gasteiger partial charge in [-0.1, -0.05) is 0 Å². The van der Waals surface area contributed by atoms with Gasteiger partial charge in [-0.25, -0.2) is 0 Å². The lowest BCUT2D eigenvalue weighted by Crippen LogP contribution is -1.99. The van der Waals surface area contributed by atoms with E-state index in [1.165, 1.54) is 0 Å². The summed E-state index contributed by atoms with van der Waals surface area (Å²) >= 11 is 3.39. The molecule has 0 aliphatic rings. The smallest absolute Gasteiger partial charge is 0.175 e. The van der Waals surface area contributed by atoms with Crippen LogP contribution in [0.4, 0.5) is 0 Å². The zero-order valence-corrected chi connectivity index (χ0v) is 10.7. The van der Waals surface area contributed by atoms with Crippen LogP contribution in [0.15, 0.2) is 16.6 Å². The Balaban J connectivity index is 3.18. The van der Waals surface area contributed by atoms with Crippen LogP contribution in [-0.4, -0.2) is 18.8 Å². The number of halogens is 1. The molecule has 0 aliphatic heterocycles. The minimum Gasteiger partial charge on any atom is -0.493 e. The Kier molecular flexibility index (Phi) is 4.42. The van der Waals surface area contributed by atoms with Crippen LogP contribution in [0.2, 0.25) is 0 Å². The number of benzene rings is 1. The van der Waals surface area contributed by atoms with E-state index >= 15 is 0 Å². The van der Waals surface area contributed by atoms with E-state index in [0.29, 0.717) is 18.1 Å². The zero-order chi connectivity index (χ0) is 11.4. The Labute approximate surface area is 98.1 Å². The predicted octanol–water partition coefficient (Wildman–Crippen LogP) is 2.91. The number of methoxy groups -OCH3 is 1.